The number of imidazole rings is 1. The molecule has 10 heteroatoms. The minimum atomic E-state index is -0.336. The lowest BCUT2D eigenvalue weighted by atomic mass is 10.00. The number of aryl methyl sites for hydroxylation is 1. The Bertz CT molecular complexity index is 1460. The highest BCUT2D eigenvalue weighted by molar-refractivity contribution is 5.98. The van der Waals surface area contributed by atoms with Gasteiger partial charge in [0.25, 0.3) is 5.56 Å². The first-order valence-corrected chi connectivity index (χ1v) is 12.5. The minimum absolute atomic E-state index is 0. The molecule has 4 heterocycles. The fraction of sp³-hybridized carbons (Fsp3) is 0.357. The number of pyridine rings is 2. The van der Waals surface area contributed by atoms with Gasteiger partial charge in [-0.15, -0.1) is 0 Å². The molecule has 3 N–H and O–H groups in total. The van der Waals surface area contributed by atoms with E-state index >= 15 is 0 Å². The number of hydrogen-bond donors (Lipinski definition) is 3. The molecular formula is C28H35N7O3. The number of anilines is 1. The predicted molar refractivity (Wildman–Crippen MR) is 150 cm³/mol. The van der Waals surface area contributed by atoms with Crippen molar-refractivity contribution in [2.75, 3.05) is 44.7 Å². The SMILES string of the molecule is C.CCNC(=O)Nc1nc2c(-c3ccccn3)cc(-c3cc(C)n(CCN4CCOCC4)c(=O)c3)cc2[nH]1. The Kier molecular flexibility index (Phi) is 8.55. The zero-order valence-electron chi connectivity index (χ0n) is 21.1. The van der Waals surface area contributed by atoms with E-state index in [2.05, 4.69) is 30.5 Å². The average molecular weight is 518 g/mol. The van der Waals surface area contributed by atoms with Crippen LogP contribution in [0, 0.1) is 6.92 Å². The Morgan fingerprint density at radius 3 is 2.61 bits per heavy atom. The normalized spacial score (nSPS) is 13.7. The third kappa shape index (κ3) is 5.92. The van der Waals surface area contributed by atoms with Crippen molar-refractivity contribution in [2.24, 2.45) is 0 Å². The van der Waals surface area contributed by atoms with Crippen LogP contribution in [0.4, 0.5) is 10.7 Å². The lowest BCUT2D eigenvalue weighted by molar-refractivity contribution is 0.0362. The summed E-state index contributed by atoms with van der Waals surface area (Å²) in [7, 11) is 0. The van der Waals surface area contributed by atoms with Gasteiger partial charge in [0.2, 0.25) is 5.95 Å². The Labute approximate surface area is 222 Å². The van der Waals surface area contributed by atoms with Crippen LogP contribution < -0.4 is 16.2 Å². The summed E-state index contributed by atoms with van der Waals surface area (Å²) in [5.74, 6) is 0.338. The lowest BCUT2D eigenvalue weighted by Crippen LogP contribution is -2.39. The summed E-state index contributed by atoms with van der Waals surface area (Å²) >= 11 is 0. The van der Waals surface area contributed by atoms with Crippen LogP contribution in [-0.2, 0) is 11.3 Å². The number of morpholine rings is 1. The number of nitrogens with zero attached hydrogens (tertiary/aromatic N) is 4. The number of nitrogens with one attached hydrogen (secondary N) is 3. The Morgan fingerprint density at radius 1 is 1.11 bits per heavy atom. The van der Waals surface area contributed by atoms with Crippen molar-refractivity contribution in [2.45, 2.75) is 27.8 Å². The van der Waals surface area contributed by atoms with E-state index < -0.39 is 0 Å². The highest BCUT2D eigenvalue weighted by atomic mass is 16.5. The van der Waals surface area contributed by atoms with E-state index in [1.54, 1.807) is 12.3 Å². The Hall–Kier alpha value is -4.02. The molecule has 38 heavy (non-hydrogen) atoms. The van der Waals surface area contributed by atoms with E-state index in [-0.39, 0.29) is 19.0 Å². The molecule has 0 bridgehead atoms. The topological polar surface area (TPSA) is 117 Å². The second kappa shape index (κ2) is 12.0. The first kappa shape index (κ1) is 27.0. The second-order valence-electron chi connectivity index (χ2n) is 9.03. The van der Waals surface area contributed by atoms with Gasteiger partial charge in [-0.2, -0.15) is 0 Å². The molecule has 1 aromatic carbocycles. The van der Waals surface area contributed by atoms with Gasteiger partial charge in [0.15, 0.2) is 0 Å². The first-order chi connectivity index (χ1) is 18.0. The van der Waals surface area contributed by atoms with Crippen molar-refractivity contribution in [1.82, 2.24) is 29.7 Å². The minimum Gasteiger partial charge on any atom is -0.379 e. The van der Waals surface area contributed by atoms with Crippen LogP contribution in [0.5, 0.6) is 0 Å². The highest BCUT2D eigenvalue weighted by Gasteiger charge is 2.16. The number of carbonyl (C=O) groups excluding carboxylic acids is 1. The third-order valence-corrected chi connectivity index (χ3v) is 6.51. The summed E-state index contributed by atoms with van der Waals surface area (Å²) in [4.78, 5) is 39.8. The molecule has 3 aromatic heterocycles. The average Bonchev–Trinajstić information content (AvgIpc) is 3.31. The number of benzene rings is 1. The number of rotatable bonds is 7. The molecule has 0 spiro atoms. The van der Waals surface area contributed by atoms with Crippen LogP contribution in [0.2, 0.25) is 0 Å². The number of urea groups is 1. The van der Waals surface area contributed by atoms with Crippen LogP contribution in [0.3, 0.4) is 0 Å². The quantitative estimate of drug-likeness (QED) is 0.343. The summed E-state index contributed by atoms with van der Waals surface area (Å²) in [6.07, 6.45) is 1.73. The molecule has 0 aliphatic carbocycles. The standard InChI is InChI=1S/C27H31N7O3.CH4/c1-3-28-27(36)32-26-30-23-16-20(15-21(25(23)31-26)22-6-4-5-7-29-22)19-14-18(2)34(24(35)17-19)9-8-33-10-12-37-13-11-33;/h4-7,14-17H,3,8-13H2,1-2H3,(H3,28,30,31,32,36);1H4. The maximum Gasteiger partial charge on any atom is 0.321 e. The summed E-state index contributed by atoms with van der Waals surface area (Å²) in [6, 6.07) is 13.0. The van der Waals surface area contributed by atoms with Gasteiger partial charge in [-0.1, -0.05) is 13.5 Å². The maximum atomic E-state index is 13.1. The third-order valence-electron chi connectivity index (χ3n) is 6.51. The van der Waals surface area contributed by atoms with Gasteiger partial charge in [0.05, 0.1) is 29.9 Å². The number of carbonyl (C=O) groups is 1. The molecule has 10 nitrogen and oxygen atoms in total. The maximum absolute atomic E-state index is 13.1. The summed E-state index contributed by atoms with van der Waals surface area (Å²) < 4.78 is 7.24. The van der Waals surface area contributed by atoms with Crippen molar-refractivity contribution >= 4 is 23.0 Å². The summed E-state index contributed by atoms with van der Waals surface area (Å²) in [6.45, 7) is 9.03. The van der Waals surface area contributed by atoms with Gasteiger partial charge < -0.3 is 19.6 Å². The fourth-order valence-electron chi connectivity index (χ4n) is 4.62. The number of ether oxygens (including phenoxy) is 1. The van der Waals surface area contributed by atoms with Crippen LogP contribution >= 0.6 is 0 Å². The van der Waals surface area contributed by atoms with E-state index in [4.69, 9.17) is 4.74 Å². The number of aromatic nitrogens is 4. The largest absolute Gasteiger partial charge is 0.379 e. The van der Waals surface area contributed by atoms with Gasteiger partial charge in [-0.3, -0.25) is 20.0 Å². The molecule has 200 valence electrons. The van der Waals surface area contributed by atoms with Crippen LogP contribution in [0.25, 0.3) is 33.4 Å². The molecule has 5 rings (SSSR count). The van der Waals surface area contributed by atoms with E-state index in [0.29, 0.717) is 24.6 Å². The number of H-pyrrole nitrogens is 1. The fourth-order valence-corrected chi connectivity index (χ4v) is 4.62. The molecular weight excluding hydrogens is 482 g/mol. The smallest absolute Gasteiger partial charge is 0.321 e. The monoisotopic (exact) mass is 517 g/mol. The molecule has 2 amide bonds. The van der Waals surface area contributed by atoms with Gasteiger partial charge in [-0.05, 0) is 55.3 Å². The van der Waals surface area contributed by atoms with E-state index in [9.17, 15) is 9.59 Å². The molecule has 0 radical (unpaired) electrons. The van der Waals surface area contributed by atoms with E-state index in [1.807, 2.05) is 54.8 Å². The summed E-state index contributed by atoms with van der Waals surface area (Å²) in [5, 5.41) is 5.44. The van der Waals surface area contributed by atoms with Gasteiger partial charge in [0, 0.05) is 56.2 Å². The Morgan fingerprint density at radius 2 is 1.89 bits per heavy atom. The first-order valence-electron chi connectivity index (χ1n) is 12.5. The van der Waals surface area contributed by atoms with Crippen molar-refractivity contribution < 1.29 is 9.53 Å². The number of amides is 2. The summed E-state index contributed by atoms with van der Waals surface area (Å²) in [5.41, 5.74) is 5.52. The molecule has 4 aromatic rings. The predicted octanol–water partition coefficient (Wildman–Crippen LogP) is 3.87. The number of hydrogen-bond acceptors (Lipinski definition) is 6. The van der Waals surface area contributed by atoms with E-state index in [0.717, 1.165) is 66.4 Å². The molecule has 0 saturated carbocycles. The van der Waals surface area contributed by atoms with Crippen molar-refractivity contribution in [3.63, 3.8) is 0 Å². The number of aromatic amines is 1. The molecule has 1 aliphatic rings. The molecule has 0 atom stereocenters. The molecule has 1 fully saturated rings. The van der Waals surface area contributed by atoms with Gasteiger partial charge >= 0.3 is 6.03 Å². The zero-order valence-corrected chi connectivity index (χ0v) is 21.1. The molecule has 0 unspecified atom stereocenters. The molecule has 1 saturated heterocycles. The second-order valence-corrected chi connectivity index (χ2v) is 9.03. The Balaban J connectivity index is 0.00000336. The van der Waals surface area contributed by atoms with Crippen LogP contribution in [0.15, 0.2) is 53.5 Å². The van der Waals surface area contributed by atoms with Crippen molar-refractivity contribution in [1.29, 1.82) is 0 Å². The van der Waals surface area contributed by atoms with Crippen molar-refractivity contribution in [3.8, 4) is 22.4 Å². The van der Waals surface area contributed by atoms with Crippen LogP contribution in [-0.4, -0.2) is 69.8 Å². The van der Waals surface area contributed by atoms with E-state index in [1.165, 1.54) is 0 Å². The number of fused-ring (bicyclic) bond motifs is 1. The lowest BCUT2D eigenvalue weighted by Gasteiger charge is -2.27. The van der Waals surface area contributed by atoms with Crippen LogP contribution in [0.1, 0.15) is 20.0 Å². The zero-order chi connectivity index (χ0) is 25.8. The van der Waals surface area contributed by atoms with Gasteiger partial charge in [0.1, 0.15) is 0 Å². The van der Waals surface area contributed by atoms with Gasteiger partial charge in [-0.25, -0.2) is 9.78 Å². The highest BCUT2D eigenvalue weighted by Crippen LogP contribution is 2.33. The van der Waals surface area contributed by atoms with Crippen molar-refractivity contribution in [3.05, 3.63) is 64.7 Å². The molecule has 1 aliphatic heterocycles.